The molecule has 2 unspecified atom stereocenters. The van der Waals surface area contributed by atoms with Gasteiger partial charge in [0.15, 0.2) is 0 Å². The number of carbonyl (C=O) groups is 1. The smallest absolute Gasteiger partial charge is 0.244 e. The first-order valence-electron chi connectivity index (χ1n) is 8.88. The Bertz CT molecular complexity index is 742. The average molecular weight is 365 g/mol. The lowest BCUT2D eigenvalue weighted by atomic mass is 10.0. The maximum absolute atomic E-state index is 13.1. The number of benzene rings is 1. The van der Waals surface area contributed by atoms with E-state index < -0.39 is 10.0 Å². The van der Waals surface area contributed by atoms with Crippen LogP contribution in [0.15, 0.2) is 24.3 Å². The van der Waals surface area contributed by atoms with Crippen LogP contribution in [0.5, 0.6) is 0 Å². The minimum absolute atomic E-state index is 0.0278. The number of amides is 1. The van der Waals surface area contributed by atoms with E-state index in [0.717, 1.165) is 38.0 Å². The third kappa shape index (κ3) is 4.04. The van der Waals surface area contributed by atoms with Gasteiger partial charge in [0, 0.05) is 30.9 Å². The molecule has 0 aliphatic carbocycles. The summed E-state index contributed by atoms with van der Waals surface area (Å²) in [5.74, 6) is 0.131. The van der Waals surface area contributed by atoms with Gasteiger partial charge in [-0.1, -0.05) is 18.2 Å². The van der Waals surface area contributed by atoms with Crippen LogP contribution in [0.25, 0.3) is 0 Å². The molecule has 1 aromatic rings. The van der Waals surface area contributed by atoms with Crippen LogP contribution < -0.4 is 9.62 Å². The van der Waals surface area contributed by atoms with Crippen molar-refractivity contribution in [2.75, 3.05) is 24.2 Å². The molecule has 2 aliphatic rings. The summed E-state index contributed by atoms with van der Waals surface area (Å²) in [6.07, 6.45) is 3.56. The van der Waals surface area contributed by atoms with Gasteiger partial charge in [0.25, 0.3) is 0 Å². The molecule has 3 rings (SSSR count). The minimum Gasteiger partial charge on any atom is -0.308 e. The van der Waals surface area contributed by atoms with E-state index in [4.69, 9.17) is 0 Å². The average Bonchev–Trinajstić information content (AvgIpc) is 2.88. The second kappa shape index (κ2) is 7.05. The van der Waals surface area contributed by atoms with Crippen molar-refractivity contribution in [2.24, 2.45) is 0 Å². The number of hydrogen-bond acceptors (Lipinski definition) is 4. The number of rotatable bonds is 4. The molecule has 0 saturated carbocycles. The van der Waals surface area contributed by atoms with Gasteiger partial charge < -0.3 is 4.90 Å². The fourth-order valence-electron chi connectivity index (χ4n) is 3.97. The number of piperidine rings is 1. The molecule has 6 nitrogen and oxygen atoms in total. The summed E-state index contributed by atoms with van der Waals surface area (Å²) in [5.41, 5.74) is 2.26. The predicted molar refractivity (Wildman–Crippen MR) is 99.1 cm³/mol. The Hall–Kier alpha value is -1.44. The van der Waals surface area contributed by atoms with E-state index in [9.17, 15) is 13.2 Å². The van der Waals surface area contributed by atoms with E-state index >= 15 is 0 Å². The van der Waals surface area contributed by atoms with E-state index in [1.807, 2.05) is 30.0 Å². The maximum atomic E-state index is 13.1. The monoisotopic (exact) mass is 365 g/mol. The summed E-state index contributed by atoms with van der Waals surface area (Å²) < 4.78 is 25.4. The van der Waals surface area contributed by atoms with Gasteiger partial charge in [-0.15, -0.1) is 0 Å². The van der Waals surface area contributed by atoms with Crippen LogP contribution in [-0.4, -0.2) is 56.7 Å². The Morgan fingerprint density at radius 1 is 1.24 bits per heavy atom. The fourth-order valence-corrected chi connectivity index (χ4v) is 4.81. The molecular formula is C18H27N3O3S. The third-order valence-electron chi connectivity index (χ3n) is 5.26. The summed E-state index contributed by atoms with van der Waals surface area (Å²) in [6, 6.07) is 8.05. The first-order chi connectivity index (χ1) is 11.8. The van der Waals surface area contributed by atoms with Gasteiger partial charge in [-0.05, 0) is 44.7 Å². The zero-order chi connectivity index (χ0) is 18.2. The lowest BCUT2D eigenvalue weighted by Crippen LogP contribution is -2.53. The van der Waals surface area contributed by atoms with Crippen molar-refractivity contribution in [3.05, 3.63) is 29.8 Å². The van der Waals surface area contributed by atoms with Crippen molar-refractivity contribution in [3.8, 4) is 0 Å². The number of anilines is 1. The molecule has 0 aromatic heterocycles. The number of hydrogen-bond donors (Lipinski definition) is 1. The molecule has 1 aromatic carbocycles. The Kier molecular flexibility index (Phi) is 5.18. The molecule has 25 heavy (non-hydrogen) atoms. The van der Waals surface area contributed by atoms with Crippen molar-refractivity contribution in [1.82, 2.24) is 9.62 Å². The third-order valence-corrected chi connectivity index (χ3v) is 6.02. The number of nitrogens with zero attached hydrogens (tertiary/aromatic N) is 2. The van der Waals surface area contributed by atoms with Gasteiger partial charge in [-0.2, -0.15) is 0 Å². The first-order valence-corrected chi connectivity index (χ1v) is 10.8. The lowest BCUT2D eigenvalue weighted by molar-refractivity contribution is -0.124. The summed E-state index contributed by atoms with van der Waals surface area (Å²) >= 11 is 0. The van der Waals surface area contributed by atoms with Gasteiger partial charge in [-0.25, -0.2) is 13.1 Å². The second-order valence-electron chi connectivity index (χ2n) is 7.27. The van der Waals surface area contributed by atoms with E-state index in [-0.39, 0.29) is 24.0 Å². The highest BCUT2D eigenvalue weighted by molar-refractivity contribution is 7.88. The Morgan fingerprint density at radius 3 is 2.52 bits per heavy atom. The van der Waals surface area contributed by atoms with E-state index in [1.165, 1.54) is 11.8 Å². The molecule has 7 heteroatoms. The summed E-state index contributed by atoms with van der Waals surface area (Å²) in [7, 11) is -3.18. The normalized spacial score (nSPS) is 23.5. The molecule has 2 heterocycles. The van der Waals surface area contributed by atoms with Crippen molar-refractivity contribution >= 4 is 21.6 Å². The number of likely N-dealkylation sites (tertiary alicyclic amines) is 1. The Morgan fingerprint density at radius 2 is 1.88 bits per heavy atom. The summed E-state index contributed by atoms with van der Waals surface area (Å²) in [5, 5.41) is 0. The van der Waals surface area contributed by atoms with E-state index in [0.29, 0.717) is 0 Å². The molecule has 138 valence electrons. The van der Waals surface area contributed by atoms with Crippen LogP contribution in [-0.2, 0) is 21.2 Å². The highest BCUT2D eigenvalue weighted by Gasteiger charge is 2.36. The van der Waals surface area contributed by atoms with Crippen LogP contribution >= 0.6 is 0 Å². The fraction of sp³-hybridized carbons (Fsp3) is 0.611. The lowest BCUT2D eigenvalue weighted by Gasteiger charge is -2.37. The molecule has 1 amide bonds. The summed E-state index contributed by atoms with van der Waals surface area (Å²) in [6.45, 7) is 5.50. The molecular weight excluding hydrogens is 338 g/mol. The zero-order valence-corrected chi connectivity index (χ0v) is 15.9. The zero-order valence-electron chi connectivity index (χ0n) is 15.1. The van der Waals surface area contributed by atoms with Crippen LogP contribution in [0, 0.1) is 0 Å². The number of fused-ring (bicyclic) bond motifs is 1. The standard InChI is InChI=1S/C18H27N3O3S/c1-13-12-15-6-4-5-7-17(15)21(13)18(22)14(2)20-10-8-16(9-11-20)19-25(3,23)24/h4-7,13-14,16,19H,8-12H2,1-3H3. The summed E-state index contributed by atoms with van der Waals surface area (Å²) in [4.78, 5) is 17.2. The van der Waals surface area contributed by atoms with E-state index in [2.05, 4.69) is 22.6 Å². The van der Waals surface area contributed by atoms with Crippen molar-refractivity contribution in [1.29, 1.82) is 0 Å². The second-order valence-corrected chi connectivity index (χ2v) is 9.05. The van der Waals surface area contributed by atoms with Gasteiger partial charge >= 0.3 is 0 Å². The number of carbonyl (C=O) groups excluding carboxylic acids is 1. The number of nitrogens with one attached hydrogen (secondary N) is 1. The molecule has 1 fully saturated rings. The van der Waals surface area contributed by atoms with Crippen molar-refractivity contribution < 1.29 is 13.2 Å². The van der Waals surface area contributed by atoms with Crippen LogP contribution in [0.1, 0.15) is 32.3 Å². The molecule has 1 saturated heterocycles. The van der Waals surface area contributed by atoms with Crippen LogP contribution in [0.2, 0.25) is 0 Å². The molecule has 0 spiro atoms. The Balaban J connectivity index is 1.64. The first kappa shape index (κ1) is 18.4. The van der Waals surface area contributed by atoms with Gasteiger partial charge in [0.2, 0.25) is 15.9 Å². The molecule has 2 atom stereocenters. The van der Waals surface area contributed by atoms with Crippen LogP contribution in [0.3, 0.4) is 0 Å². The quantitative estimate of drug-likeness (QED) is 0.875. The van der Waals surface area contributed by atoms with Gasteiger partial charge in [0.1, 0.15) is 0 Å². The number of para-hydroxylation sites is 1. The molecule has 0 bridgehead atoms. The molecule has 2 aliphatic heterocycles. The highest BCUT2D eigenvalue weighted by atomic mass is 32.2. The Labute approximate surface area is 150 Å². The number of sulfonamides is 1. The van der Waals surface area contributed by atoms with Gasteiger partial charge in [0.05, 0.1) is 12.3 Å². The predicted octanol–water partition coefficient (Wildman–Crippen LogP) is 1.37. The van der Waals surface area contributed by atoms with Crippen LogP contribution in [0.4, 0.5) is 5.69 Å². The highest BCUT2D eigenvalue weighted by Crippen LogP contribution is 2.33. The van der Waals surface area contributed by atoms with Crippen molar-refractivity contribution in [3.63, 3.8) is 0 Å². The molecule has 0 radical (unpaired) electrons. The largest absolute Gasteiger partial charge is 0.308 e. The van der Waals surface area contributed by atoms with Gasteiger partial charge in [-0.3, -0.25) is 9.69 Å². The topological polar surface area (TPSA) is 69.7 Å². The maximum Gasteiger partial charge on any atom is 0.244 e. The van der Waals surface area contributed by atoms with E-state index in [1.54, 1.807) is 0 Å². The molecule has 1 N–H and O–H groups in total. The van der Waals surface area contributed by atoms with Crippen molar-refractivity contribution in [2.45, 2.75) is 51.2 Å². The minimum atomic E-state index is -3.18. The SMILES string of the molecule is CC(C(=O)N1c2ccccc2CC1C)N1CCC(NS(C)(=O)=O)CC1.